The van der Waals surface area contributed by atoms with Crippen LogP contribution in [0.25, 0.3) is 0 Å². The molecule has 0 heterocycles. The molecule has 0 fully saturated rings. The Morgan fingerprint density at radius 1 is 1.14 bits per heavy atom. The first-order valence-electron chi connectivity index (χ1n) is 6.91. The van der Waals surface area contributed by atoms with Crippen LogP contribution in [0.4, 0.5) is 14.5 Å². The van der Waals surface area contributed by atoms with Crippen LogP contribution in [0.2, 0.25) is 0 Å². The zero-order chi connectivity index (χ0) is 15.4. The molecule has 1 N–H and O–H groups in total. The van der Waals surface area contributed by atoms with Crippen LogP contribution in [-0.4, -0.2) is 6.10 Å². The lowest BCUT2D eigenvalue weighted by Crippen LogP contribution is -2.07. The first-order valence-corrected chi connectivity index (χ1v) is 6.91. The number of aryl methyl sites for hydroxylation is 1. The van der Waals surface area contributed by atoms with Gasteiger partial charge in [0.15, 0.2) is 5.82 Å². The standard InChI is InChI=1S/C17H19F2NO/c1-11(2)21-14-6-4-5-13(9-14)10-20-17-15(18)8-7-12(3)16(17)19/h4-9,11,20H,10H2,1-3H3. The van der Waals surface area contributed by atoms with Crippen molar-refractivity contribution in [1.29, 1.82) is 0 Å². The minimum absolute atomic E-state index is 0.0832. The predicted molar refractivity (Wildman–Crippen MR) is 80.6 cm³/mol. The molecule has 0 aliphatic rings. The summed E-state index contributed by atoms with van der Waals surface area (Å²) in [7, 11) is 0. The molecule has 112 valence electrons. The molecule has 2 nitrogen and oxygen atoms in total. The number of anilines is 1. The fourth-order valence-corrected chi connectivity index (χ4v) is 2.01. The van der Waals surface area contributed by atoms with Crippen LogP contribution in [0.5, 0.6) is 5.75 Å². The maximum Gasteiger partial charge on any atom is 0.152 e. The lowest BCUT2D eigenvalue weighted by Gasteiger charge is -2.13. The van der Waals surface area contributed by atoms with Crippen molar-refractivity contribution < 1.29 is 13.5 Å². The second-order valence-corrected chi connectivity index (χ2v) is 5.22. The van der Waals surface area contributed by atoms with Gasteiger partial charge in [0.05, 0.1) is 6.10 Å². The molecule has 2 rings (SSSR count). The first kappa shape index (κ1) is 15.3. The predicted octanol–water partition coefficient (Wildman–Crippen LogP) is 4.67. The lowest BCUT2D eigenvalue weighted by atomic mass is 10.1. The van der Waals surface area contributed by atoms with Crippen molar-refractivity contribution in [3.8, 4) is 5.75 Å². The minimum Gasteiger partial charge on any atom is -0.491 e. The van der Waals surface area contributed by atoms with Crippen molar-refractivity contribution in [1.82, 2.24) is 0 Å². The average molecular weight is 291 g/mol. The smallest absolute Gasteiger partial charge is 0.152 e. The number of benzene rings is 2. The van der Waals surface area contributed by atoms with Gasteiger partial charge in [-0.1, -0.05) is 18.2 Å². The Morgan fingerprint density at radius 3 is 2.62 bits per heavy atom. The molecule has 2 aromatic carbocycles. The van der Waals surface area contributed by atoms with E-state index in [-0.39, 0.29) is 11.8 Å². The Kier molecular flexibility index (Phi) is 4.78. The van der Waals surface area contributed by atoms with E-state index in [0.29, 0.717) is 12.1 Å². The largest absolute Gasteiger partial charge is 0.491 e. The lowest BCUT2D eigenvalue weighted by molar-refractivity contribution is 0.242. The zero-order valence-electron chi connectivity index (χ0n) is 12.4. The van der Waals surface area contributed by atoms with E-state index in [1.165, 1.54) is 12.1 Å². The van der Waals surface area contributed by atoms with Crippen molar-refractivity contribution >= 4 is 5.69 Å². The van der Waals surface area contributed by atoms with Crippen molar-refractivity contribution in [3.63, 3.8) is 0 Å². The highest BCUT2D eigenvalue weighted by molar-refractivity contribution is 5.49. The van der Waals surface area contributed by atoms with Gasteiger partial charge >= 0.3 is 0 Å². The Morgan fingerprint density at radius 2 is 1.90 bits per heavy atom. The van der Waals surface area contributed by atoms with Gasteiger partial charge in [-0.25, -0.2) is 8.78 Å². The molecule has 0 aliphatic carbocycles. The highest BCUT2D eigenvalue weighted by atomic mass is 19.1. The van der Waals surface area contributed by atoms with Gasteiger partial charge in [0.25, 0.3) is 0 Å². The van der Waals surface area contributed by atoms with Gasteiger partial charge in [0, 0.05) is 6.54 Å². The van der Waals surface area contributed by atoms with E-state index < -0.39 is 11.6 Å². The number of nitrogens with one attached hydrogen (secondary N) is 1. The van der Waals surface area contributed by atoms with E-state index in [4.69, 9.17) is 4.74 Å². The number of hydrogen-bond donors (Lipinski definition) is 1. The summed E-state index contributed by atoms with van der Waals surface area (Å²) in [6, 6.07) is 10.1. The van der Waals surface area contributed by atoms with E-state index in [0.717, 1.165) is 11.3 Å². The second kappa shape index (κ2) is 6.57. The van der Waals surface area contributed by atoms with Gasteiger partial charge < -0.3 is 10.1 Å². The molecule has 0 atom stereocenters. The molecule has 21 heavy (non-hydrogen) atoms. The van der Waals surface area contributed by atoms with E-state index in [1.54, 1.807) is 6.92 Å². The van der Waals surface area contributed by atoms with Crippen molar-refractivity contribution in [2.75, 3.05) is 5.32 Å². The molecule has 0 amide bonds. The number of halogens is 2. The number of rotatable bonds is 5. The molecule has 0 unspecified atom stereocenters. The Bertz CT molecular complexity index is 626. The monoisotopic (exact) mass is 291 g/mol. The third-order valence-corrected chi connectivity index (χ3v) is 3.02. The third kappa shape index (κ3) is 3.94. The Hall–Kier alpha value is -2.10. The summed E-state index contributed by atoms with van der Waals surface area (Å²) >= 11 is 0. The summed E-state index contributed by atoms with van der Waals surface area (Å²) in [6.07, 6.45) is 0.0832. The van der Waals surface area contributed by atoms with Gasteiger partial charge in [0.2, 0.25) is 0 Å². The van der Waals surface area contributed by atoms with Gasteiger partial charge in [-0.2, -0.15) is 0 Å². The molecule has 2 aromatic rings. The number of hydrogen-bond acceptors (Lipinski definition) is 2. The summed E-state index contributed by atoms with van der Waals surface area (Å²) in [5, 5.41) is 2.81. The molecule has 0 aliphatic heterocycles. The van der Waals surface area contributed by atoms with Gasteiger partial charge in [-0.05, 0) is 50.1 Å². The summed E-state index contributed by atoms with van der Waals surface area (Å²) in [5.41, 5.74) is 1.22. The quantitative estimate of drug-likeness (QED) is 0.864. The van der Waals surface area contributed by atoms with Crippen molar-refractivity contribution in [2.24, 2.45) is 0 Å². The molecule has 0 saturated carbocycles. The molecule has 0 bridgehead atoms. The Balaban J connectivity index is 2.12. The SMILES string of the molecule is Cc1ccc(F)c(NCc2cccc(OC(C)C)c2)c1F. The summed E-state index contributed by atoms with van der Waals surface area (Å²) < 4.78 is 33.1. The van der Waals surface area contributed by atoms with Crippen LogP contribution in [0.15, 0.2) is 36.4 Å². The van der Waals surface area contributed by atoms with Crippen LogP contribution in [0.3, 0.4) is 0 Å². The second-order valence-electron chi connectivity index (χ2n) is 5.22. The molecule has 0 radical (unpaired) electrons. The maximum absolute atomic E-state index is 13.9. The van der Waals surface area contributed by atoms with E-state index in [1.807, 2.05) is 38.1 Å². The topological polar surface area (TPSA) is 21.3 Å². The van der Waals surface area contributed by atoms with Crippen LogP contribution in [-0.2, 0) is 6.54 Å². The summed E-state index contributed by atoms with van der Waals surface area (Å²) in [4.78, 5) is 0. The van der Waals surface area contributed by atoms with Crippen LogP contribution in [0, 0.1) is 18.6 Å². The van der Waals surface area contributed by atoms with Crippen molar-refractivity contribution in [3.05, 3.63) is 59.2 Å². The van der Waals surface area contributed by atoms with Gasteiger partial charge in [0.1, 0.15) is 17.3 Å². The summed E-state index contributed by atoms with van der Waals surface area (Å²) in [6.45, 7) is 5.83. The average Bonchev–Trinajstić information content (AvgIpc) is 2.43. The highest BCUT2D eigenvalue weighted by Gasteiger charge is 2.11. The fourth-order valence-electron chi connectivity index (χ4n) is 2.01. The normalized spacial score (nSPS) is 10.8. The molecule has 0 spiro atoms. The Labute approximate surface area is 123 Å². The molecular formula is C17H19F2NO. The van der Waals surface area contributed by atoms with Gasteiger partial charge in [-0.15, -0.1) is 0 Å². The van der Waals surface area contributed by atoms with Gasteiger partial charge in [-0.3, -0.25) is 0 Å². The first-order chi connectivity index (χ1) is 9.97. The molecule has 0 saturated heterocycles. The van der Waals surface area contributed by atoms with E-state index in [9.17, 15) is 8.78 Å². The molecular weight excluding hydrogens is 272 g/mol. The third-order valence-electron chi connectivity index (χ3n) is 3.02. The molecule has 0 aromatic heterocycles. The van der Waals surface area contributed by atoms with Crippen LogP contribution in [0.1, 0.15) is 25.0 Å². The maximum atomic E-state index is 13.9. The van der Waals surface area contributed by atoms with Crippen LogP contribution >= 0.6 is 0 Å². The zero-order valence-corrected chi connectivity index (χ0v) is 12.4. The number of ether oxygens (including phenoxy) is 1. The van der Waals surface area contributed by atoms with E-state index >= 15 is 0 Å². The molecule has 4 heteroatoms. The van der Waals surface area contributed by atoms with Crippen LogP contribution < -0.4 is 10.1 Å². The summed E-state index contributed by atoms with van der Waals surface area (Å²) in [5.74, 6) is -0.397. The van der Waals surface area contributed by atoms with E-state index in [2.05, 4.69) is 5.32 Å². The minimum atomic E-state index is -0.590. The fraction of sp³-hybridized carbons (Fsp3) is 0.294. The van der Waals surface area contributed by atoms with Crippen molar-refractivity contribution in [2.45, 2.75) is 33.4 Å². The highest BCUT2D eigenvalue weighted by Crippen LogP contribution is 2.23.